The highest BCUT2D eigenvalue weighted by atomic mass is 15.2. The number of fused-ring (bicyclic) bond motifs is 1. The molecule has 0 spiro atoms. The van der Waals surface area contributed by atoms with Gasteiger partial charge in [-0.3, -0.25) is 0 Å². The fraction of sp³-hybridized carbons (Fsp3) is 1.00. The van der Waals surface area contributed by atoms with E-state index in [4.69, 9.17) is 5.73 Å². The first-order valence-corrected chi connectivity index (χ1v) is 6.35. The fourth-order valence-corrected chi connectivity index (χ4v) is 3.30. The van der Waals surface area contributed by atoms with E-state index in [1.54, 1.807) is 0 Å². The lowest BCUT2D eigenvalue weighted by atomic mass is 9.84. The Morgan fingerprint density at radius 3 is 2.87 bits per heavy atom. The van der Waals surface area contributed by atoms with Gasteiger partial charge in [-0.05, 0) is 52.2 Å². The number of nitrogens with zero attached hydrogens (tertiary/aromatic N) is 2. The van der Waals surface area contributed by atoms with E-state index in [0.29, 0.717) is 6.04 Å². The number of rotatable bonds is 2. The molecule has 2 aliphatic rings. The molecule has 2 saturated heterocycles. The normalized spacial score (nSPS) is 36.2. The van der Waals surface area contributed by atoms with Crippen LogP contribution in [-0.2, 0) is 0 Å². The summed E-state index contributed by atoms with van der Waals surface area (Å²) in [5.74, 6) is 0.899. The first kappa shape index (κ1) is 11.4. The molecule has 0 amide bonds. The summed E-state index contributed by atoms with van der Waals surface area (Å²) in [6.45, 7) is 7.00. The summed E-state index contributed by atoms with van der Waals surface area (Å²) in [5.41, 5.74) is 5.87. The van der Waals surface area contributed by atoms with Crippen LogP contribution < -0.4 is 5.73 Å². The summed E-state index contributed by atoms with van der Waals surface area (Å²) in [7, 11) is 2.29. The van der Waals surface area contributed by atoms with Crippen LogP contribution in [-0.4, -0.2) is 55.1 Å². The minimum absolute atomic E-state index is 0.322. The Bertz CT molecular complexity index is 205. The summed E-state index contributed by atoms with van der Waals surface area (Å²) in [6, 6.07) is 1.17. The molecule has 2 fully saturated rings. The third kappa shape index (κ3) is 2.71. The van der Waals surface area contributed by atoms with Crippen LogP contribution in [0.4, 0.5) is 0 Å². The molecule has 3 heteroatoms. The van der Waals surface area contributed by atoms with Crippen LogP contribution in [0.25, 0.3) is 0 Å². The maximum atomic E-state index is 5.87. The van der Waals surface area contributed by atoms with E-state index in [2.05, 4.69) is 23.8 Å². The Kier molecular flexibility index (Phi) is 3.65. The van der Waals surface area contributed by atoms with Gasteiger partial charge in [0.15, 0.2) is 0 Å². The van der Waals surface area contributed by atoms with E-state index in [0.717, 1.165) is 18.5 Å². The van der Waals surface area contributed by atoms with E-state index in [-0.39, 0.29) is 0 Å². The molecule has 15 heavy (non-hydrogen) atoms. The van der Waals surface area contributed by atoms with Crippen LogP contribution in [0.15, 0.2) is 0 Å². The van der Waals surface area contributed by atoms with Crippen molar-refractivity contribution in [1.82, 2.24) is 9.80 Å². The molecular weight excluding hydrogens is 186 g/mol. The van der Waals surface area contributed by atoms with Crippen LogP contribution in [0, 0.1) is 5.92 Å². The average Bonchev–Trinajstić information content (AvgIpc) is 2.17. The Balaban J connectivity index is 1.88. The summed E-state index contributed by atoms with van der Waals surface area (Å²) >= 11 is 0. The van der Waals surface area contributed by atoms with E-state index in [1.165, 1.54) is 38.9 Å². The van der Waals surface area contributed by atoms with Gasteiger partial charge < -0.3 is 15.5 Å². The lowest BCUT2D eigenvalue weighted by molar-refractivity contribution is 0.0371. The topological polar surface area (TPSA) is 32.5 Å². The zero-order chi connectivity index (χ0) is 10.8. The first-order valence-electron chi connectivity index (χ1n) is 6.35. The minimum atomic E-state index is 0.322. The molecule has 0 aromatic heterocycles. The number of nitrogens with two attached hydrogens (primary N) is 1. The Labute approximate surface area is 93.6 Å². The predicted octanol–water partition coefficient (Wildman–Crippen LogP) is 0.750. The Morgan fingerprint density at radius 2 is 2.13 bits per heavy atom. The van der Waals surface area contributed by atoms with Crippen LogP contribution >= 0.6 is 0 Å². The van der Waals surface area contributed by atoms with Crippen molar-refractivity contribution in [3.63, 3.8) is 0 Å². The van der Waals surface area contributed by atoms with Gasteiger partial charge in [-0.1, -0.05) is 0 Å². The van der Waals surface area contributed by atoms with Gasteiger partial charge in [0.2, 0.25) is 0 Å². The molecule has 0 aromatic carbocycles. The molecule has 3 nitrogen and oxygen atoms in total. The largest absolute Gasteiger partial charge is 0.327 e. The van der Waals surface area contributed by atoms with Crippen LogP contribution in [0.5, 0.6) is 0 Å². The van der Waals surface area contributed by atoms with Crippen molar-refractivity contribution in [3.8, 4) is 0 Å². The Hall–Kier alpha value is -0.120. The van der Waals surface area contributed by atoms with E-state index < -0.39 is 0 Å². The second kappa shape index (κ2) is 4.81. The van der Waals surface area contributed by atoms with Crippen molar-refractivity contribution in [3.05, 3.63) is 0 Å². The molecule has 2 N–H and O–H groups in total. The lowest BCUT2D eigenvalue weighted by Crippen LogP contribution is -2.54. The van der Waals surface area contributed by atoms with Gasteiger partial charge in [0.05, 0.1) is 0 Å². The zero-order valence-electron chi connectivity index (χ0n) is 10.2. The van der Waals surface area contributed by atoms with Crippen LogP contribution in [0.2, 0.25) is 0 Å². The summed E-state index contributed by atoms with van der Waals surface area (Å²) < 4.78 is 0. The molecule has 0 radical (unpaired) electrons. The highest BCUT2D eigenvalue weighted by Crippen LogP contribution is 2.29. The second-order valence-electron chi connectivity index (χ2n) is 5.48. The number of hydrogen-bond acceptors (Lipinski definition) is 3. The number of likely N-dealkylation sites (tertiary alicyclic amines) is 2. The molecule has 2 heterocycles. The second-order valence-corrected chi connectivity index (χ2v) is 5.48. The lowest BCUT2D eigenvalue weighted by Gasteiger charge is -2.46. The summed E-state index contributed by atoms with van der Waals surface area (Å²) in [5, 5.41) is 0. The highest BCUT2D eigenvalue weighted by Gasteiger charge is 2.33. The first-order chi connectivity index (χ1) is 7.16. The molecule has 2 rings (SSSR count). The van der Waals surface area contributed by atoms with Gasteiger partial charge in [0.1, 0.15) is 0 Å². The zero-order valence-corrected chi connectivity index (χ0v) is 10.2. The van der Waals surface area contributed by atoms with Crippen molar-refractivity contribution >= 4 is 0 Å². The smallest absolute Gasteiger partial charge is 0.0145 e. The summed E-state index contributed by atoms with van der Waals surface area (Å²) in [4.78, 5) is 5.13. The third-order valence-electron chi connectivity index (χ3n) is 3.98. The van der Waals surface area contributed by atoms with Crippen molar-refractivity contribution in [2.45, 2.75) is 38.3 Å². The van der Waals surface area contributed by atoms with Crippen molar-refractivity contribution < 1.29 is 0 Å². The standard InChI is InChI=1S/C12H25N3/c1-10(13)8-15-7-5-12-11(9-15)4-3-6-14(12)2/h10-12H,3-9,13H2,1-2H3. The molecule has 3 unspecified atom stereocenters. The molecule has 3 atom stereocenters. The third-order valence-corrected chi connectivity index (χ3v) is 3.98. The Morgan fingerprint density at radius 1 is 1.33 bits per heavy atom. The fourth-order valence-electron chi connectivity index (χ4n) is 3.30. The highest BCUT2D eigenvalue weighted by molar-refractivity contribution is 4.89. The molecule has 0 saturated carbocycles. The van der Waals surface area contributed by atoms with Crippen molar-refractivity contribution in [2.24, 2.45) is 11.7 Å². The van der Waals surface area contributed by atoms with Gasteiger partial charge in [0, 0.05) is 25.2 Å². The monoisotopic (exact) mass is 211 g/mol. The SMILES string of the molecule is CC(N)CN1CCC2C(CCCN2C)C1. The van der Waals surface area contributed by atoms with Gasteiger partial charge in [-0.15, -0.1) is 0 Å². The number of piperidine rings is 2. The van der Waals surface area contributed by atoms with E-state index in [9.17, 15) is 0 Å². The molecule has 2 aliphatic heterocycles. The van der Waals surface area contributed by atoms with Gasteiger partial charge in [-0.25, -0.2) is 0 Å². The van der Waals surface area contributed by atoms with Crippen LogP contribution in [0.3, 0.4) is 0 Å². The molecular formula is C12H25N3. The van der Waals surface area contributed by atoms with E-state index >= 15 is 0 Å². The molecule has 88 valence electrons. The minimum Gasteiger partial charge on any atom is -0.327 e. The van der Waals surface area contributed by atoms with Gasteiger partial charge in [0.25, 0.3) is 0 Å². The summed E-state index contributed by atoms with van der Waals surface area (Å²) in [6.07, 6.45) is 4.14. The van der Waals surface area contributed by atoms with E-state index in [1.807, 2.05) is 0 Å². The quantitative estimate of drug-likeness (QED) is 0.731. The maximum Gasteiger partial charge on any atom is 0.0145 e. The van der Waals surface area contributed by atoms with Crippen molar-refractivity contribution in [2.75, 3.05) is 33.2 Å². The van der Waals surface area contributed by atoms with Crippen LogP contribution in [0.1, 0.15) is 26.2 Å². The van der Waals surface area contributed by atoms with Crippen molar-refractivity contribution in [1.29, 1.82) is 0 Å². The molecule has 0 aromatic rings. The average molecular weight is 211 g/mol. The molecule has 0 aliphatic carbocycles. The van der Waals surface area contributed by atoms with Gasteiger partial charge >= 0.3 is 0 Å². The maximum absolute atomic E-state index is 5.87. The number of hydrogen-bond donors (Lipinski definition) is 1. The predicted molar refractivity (Wildman–Crippen MR) is 63.8 cm³/mol. The molecule has 0 bridgehead atoms. The van der Waals surface area contributed by atoms with Gasteiger partial charge in [-0.2, -0.15) is 0 Å².